The predicted molar refractivity (Wildman–Crippen MR) is 95.1 cm³/mol. The third-order valence-corrected chi connectivity index (χ3v) is 4.57. The molecule has 1 aromatic carbocycles. The number of carbonyl (C=O) groups excluding carboxylic acids is 1. The molecule has 0 aliphatic carbocycles. The molecule has 0 N–H and O–H groups in total. The fourth-order valence-corrected chi connectivity index (χ4v) is 3.34. The zero-order valence-electron chi connectivity index (χ0n) is 16.4. The van der Waals surface area contributed by atoms with Crippen LogP contribution in [-0.2, 0) is 26.4 Å². The number of hydrogen-bond donors (Lipinski definition) is 0. The van der Waals surface area contributed by atoms with Crippen LogP contribution < -0.4 is 38.5 Å². The van der Waals surface area contributed by atoms with E-state index in [9.17, 15) is 17.8 Å². The maximum absolute atomic E-state index is 12.6. The quantitative estimate of drug-likeness (QED) is 0.214. The predicted octanol–water partition coefficient (Wildman–Crippen LogP) is -1.71. The van der Waals surface area contributed by atoms with Crippen molar-refractivity contribution in [3.05, 3.63) is 23.5 Å². The van der Waals surface area contributed by atoms with E-state index in [0.29, 0.717) is 38.6 Å². The summed E-state index contributed by atoms with van der Waals surface area (Å²) >= 11 is 0. The molecule has 0 bridgehead atoms. The Morgan fingerprint density at radius 2 is 1.93 bits per heavy atom. The van der Waals surface area contributed by atoms with Crippen LogP contribution in [0.5, 0.6) is 11.5 Å². The molecule has 2 aromatic rings. The summed E-state index contributed by atoms with van der Waals surface area (Å²) in [6.45, 7) is 4.64. The Hall–Kier alpha value is -1.34. The second kappa shape index (κ2) is 10.1. The number of morpholine rings is 1. The van der Waals surface area contributed by atoms with Crippen LogP contribution in [0, 0.1) is 0 Å². The van der Waals surface area contributed by atoms with Gasteiger partial charge in [-0.3, -0.25) is 4.90 Å². The van der Waals surface area contributed by atoms with E-state index in [2.05, 4.69) is 9.08 Å². The molecule has 0 spiro atoms. The first-order valence-electron chi connectivity index (χ1n) is 8.58. The minimum absolute atomic E-state index is 0. The van der Waals surface area contributed by atoms with Gasteiger partial charge in [0.15, 0.2) is 11.5 Å². The largest absolute Gasteiger partial charge is 1.00 e. The Morgan fingerprint density at radius 1 is 1.24 bits per heavy atom. The van der Waals surface area contributed by atoms with Crippen LogP contribution in [0.3, 0.4) is 0 Å². The normalized spacial score (nSPS) is 15.0. The molecule has 29 heavy (non-hydrogen) atoms. The third-order valence-electron chi connectivity index (χ3n) is 4.19. The fourth-order valence-electron chi connectivity index (χ4n) is 2.99. The molecule has 1 saturated heterocycles. The van der Waals surface area contributed by atoms with E-state index in [-0.39, 0.29) is 64.2 Å². The minimum Gasteiger partial charge on any atom is -0.716 e. The fraction of sp³-hybridized carbons (Fsp3) is 0.471. The number of rotatable bonds is 7. The van der Waals surface area contributed by atoms with E-state index in [1.807, 2.05) is 0 Å². The number of esters is 1. The van der Waals surface area contributed by atoms with Crippen LogP contribution in [0.1, 0.15) is 23.0 Å². The topological polar surface area (TPSA) is 128 Å². The summed E-state index contributed by atoms with van der Waals surface area (Å²) in [7, 11) is -3.75. The molecule has 0 saturated carbocycles. The smallest absolute Gasteiger partial charge is 0.716 e. The number of hydrogen-bond acceptors (Lipinski definition) is 10. The summed E-state index contributed by atoms with van der Waals surface area (Å²) in [4.78, 5) is 14.6. The number of fused-ring (bicyclic) bond motifs is 1. The van der Waals surface area contributed by atoms with E-state index in [1.54, 1.807) is 6.92 Å². The summed E-state index contributed by atoms with van der Waals surface area (Å²) < 4.78 is 58.9. The Bertz CT molecular complexity index is 967. The summed E-state index contributed by atoms with van der Waals surface area (Å²) in [6.07, 6.45) is 0. The number of nitrogens with zero attached hydrogens (tertiary/aromatic N) is 1. The van der Waals surface area contributed by atoms with Gasteiger partial charge in [-0.1, -0.05) is 0 Å². The third kappa shape index (κ3) is 5.85. The van der Waals surface area contributed by atoms with Crippen molar-refractivity contribution >= 4 is 27.3 Å². The maximum atomic E-state index is 12.6. The first-order chi connectivity index (χ1) is 13.3. The van der Waals surface area contributed by atoms with Crippen LogP contribution in [0.15, 0.2) is 16.5 Å². The second-order valence-electron chi connectivity index (χ2n) is 6.00. The summed E-state index contributed by atoms with van der Waals surface area (Å²) in [5.41, 5.74) is 0.429. The van der Waals surface area contributed by atoms with Crippen molar-refractivity contribution in [2.45, 2.75) is 13.5 Å². The number of carbonyl (C=O) groups is 1. The van der Waals surface area contributed by atoms with Crippen LogP contribution in [0.4, 0.5) is 0 Å². The average Bonchev–Trinajstić information content (AvgIpc) is 2.97. The van der Waals surface area contributed by atoms with Gasteiger partial charge in [0.05, 0.1) is 33.5 Å². The monoisotopic (exact) mass is 437 g/mol. The standard InChI is InChI=1S/C17H21NO9S.Na/c1-3-25-17(19)16-11-8-14(27-28(20,21)22)13(23-2)9-12(11)26-15(16)10-18-4-6-24-7-5-18;/h8-9H,3-7,10H2,1-2H3,(H,20,21,22);/q;+1/p-1. The van der Waals surface area contributed by atoms with Crippen LogP contribution in [0.25, 0.3) is 11.0 Å². The van der Waals surface area contributed by atoms with Gasteiger partial charge in [0.25, 0.3) is 10.4 Å². The Kier molecular flexibility index (Phi) is 8.35. The molecular formula is C17H20NNaO9S. The maximum Gasteiger partial charge on any atom is 1.00 e. The number of benzene rings is 1. The van der Waals surface area contributed by atoms with Crippen molar-refractivity contribution in [1.82, 2.24) is 4.90 Å². The molecule has 3 rings (SSSR count). The van der Waals surface area contributed by atoms with Gasteiger partial charge in [-0.15, -0.1) is 0 Å². The van der Waals surface area contributed by atoms with Crippen molar-refractivity contribution in [3.8, 4) is 11.5 Å². The Morgan fingerprint density at radius 3 is 2.52 bits per heavy atom. The molecule has 10 nitrogen and oxygen atoms in total. The number of furan rings is 1. The van der Waals surface area contributed by atoms with Crippen LogP contribution >= 0.6 is 0 Å². The van der Waals surface area contributed by atoms with E-state index in [0.717, 1.165) is 0 Å². The average molecular weight is 437 g/mol. The first kappa shape index (κ1) is 23.9. The molecule has 0 atom stereocenters. The van der Waals surface area contributed by atoms with Gasteiger partial charge in [0, 0.05) is 24.5 Å². The van der Waals surface area contributed by atoms with E-state index in [4.69, 9.17) is 18.6 Å². The van der Waals surface area contributed by atoms with Gasteiger partial charge in [-0.05, 0) is 13.0 Å². The Balaban J connectivity index is 0.00000300. The van der Waals surface area contributed by atoms with Gasteiger partial charge in [0.1, 0.15) is 16.9 Å². The van der Waals surface area contributed by atoms with E-state index < -0.39 is 16.4 Å². The van der Waals surface area contributed by atoms with Crippen molar-refractivity contribution in [3.63, 3.8) is 0 Å². The Labute approximate surface area is 190 Å². The SMILES string of the molecule is CCOC(=O)c1c(CN2CCOCC2)oc2cc(OC)c(OS(=O)(=O)[O-])cc12.[Na+]. The second-order valence-corrected chi connectivity index (χ2v) is 6.98. The van der Waals surface area contributed by atoms with Crippen LogP contribution in [0.2, 0.25) is 0 Å². The van der Waals surface area contributed by atoms with E-state index in [1.165, 1.54) is 19.2 Å². The first-order valence-corrected chi connectivity index (χ1v) is 9.91. The molecular weight excluding hydrogens is 417 g/mol. The summed E-state index contributed by atoms with van der Waals surface area (Å²) in [5, 5.41) is 0.265. The van der Waals surface area contributed by atoms with Crippen LogP contribution in [-0.4, -0.2) is 63.9 Å². The molecule has 0 radical (unpaired) electrons. The van der Waals surface area contributed by atoms with E-state index >= 15 is 0 Å². The molecule has 0 amide bonds. The minimum atomic E-state index is -5.04. The number of ether oxygens (including phenoxy) is 3. The molecule has 1 aliphatic heterocycles. The molecule has 1 aliphatic rings. The van der Waals surface area contributed by atoms with Crippen molar-refractivity contribution in [2.75, 3.05) is 40.0 Å². The van der Waals surface area contributed by atoms with Gasteiger partial charge >= 0.3 is 35.5 Å². The molecule has 12 heteroatoms. The molecule has 1 aromatic heterocycles. The van der Waals surface area contributed by atoms with Crippen molar-refractivity contribution < 1.29 is 70.1 Å². The van der Waals surface area contributed by atoms with Gasteiger partial charge in [-0.25, -0.2) is 13.2 Å². The summed E-state index contributed by atoms with van der Waals surface area (Å²) in [6, 6.07) is 2.59. The van der Waals surface area contributed by atoms with Crippen molar-refractivity contribution in [2.24, 2.45) is 0 Å². The molecule has 0 unspecified atom stereocenters. The zero-order valence-corrected chi connectivity index (χ0v) is 19.2. The number of methoxy groups -OCH3 is 1. The zero-order chi connectivity index (χ0) is 20.3. The molecule has 1 fully saturated rings. The molecule has 2 heterocycles. The summed E-state index contributed by atoms with van der Waals surface area (Å²) in [5.74, 6) is -0.617. The van der Waals surface area contributed by atoms with Gasteiger partial charge in [-0.2, -0.15) is 0 Å². The molecule has 154 valence electrons. The van der Waals surface area contributed by atoms with Crippen molar-refractivity contribution in [1.29, 1.82) is 0 Å². The van der Waals surface area contributed by atoms with Gasteiger partial charge in [0.2, 0.25) is 0 Å². The van der Waals surface area contributed by atoms with Gasteiger partial charge < -0.3 is 27.4 Å².